The zero-order chi connectivity index (χ0) is 12.5. The summed E-state index contributed by atoms with van der Waals surface area (Å²) in [4.78, 5) is 6.94. The molecule has 5 nitrogen and oxygen atoms in total. The average Bonchev–Trinajstić information content (AvgIpc) is 2.70. The normalized spacial score (nSPS) is 29.3. The molecule has 0 aromatic carbocycles. The number of hydrogen-bond acceptors (Lipinski definition) is 4. The molecule has 0 bridgehead atoms. The van der Waals surface area contributed by atoms with Gasteiger partial charge in [-0.25, -0.2) is 0 Å². The van der Waals surface area contributed by atoms with E-state index in [1.165, 1.54) is 19.3 Å². The van der Waals surface area contributed by atoms with Gasteiger partial charge in [0.15, 0.2) is 0 Å². The molecule has 0 spiro atoms. The van der Waals surface area contributed by atoms with Gasteiger partial charge in [0.05, 0.1) is 0 Å². The van der Waals surface area contributed by atoms with Gasteiger partial charge in [0.1, 0.15) is 5.82 Å². The lowest BCUT2D eigenvalue weighted by Crippen LogP contribution is -2.54. The van der Waals surface area contributed by atoms with Crippen molar-refractivity contribution >= 4 is 5.95 Å². The number of rotatable bonds is 3. The number of aromatic amines is 1. The standard InChI is InChI=1S/C13H23N5/c1-9-7-18(8-10(2)14-9)13-15-12(16-17-13)6-11-4-3-5-11/h9-11,14H,3-8H2,1-2H3,(H,15,16,17). The van der Waals surface area contributed by atoms with Crippen LogP contribution in [0.2, 0.25) is 0 Å². The van der Waals surface area contributed by atoms with Crippen molar-refractivity contribution in [1.29, 1.82) is 0 Å². The van der Waals surface area contributed by atoms with Crippen LogP contribution in [0.3, 0.4) is 0 Å². The molecule has 3 rings (SSSR count). The van der Waals surface area contributed by atoms with Crippen LogP contribution in [0.25, 0.3) is 0 Å². The van der Waals surface area contributed by atoms with Crippen LogP contribution in [-0.2, 0) is 6.42 Å². The average molecular weight is 249 g/mol. The third-order valence-electron chi connectivity index (χ3n) is 4.07. The Kier molecular flexibility index (Phi) is 3.24. The first kappa shape index (κ1) is 12.0. The van der Waals surface area contributed by atoms with Crippen molar-refractivity contribution in [1.82, 2.24) is 20.5 Å². The van der Waals surface area contributed by atoms with Gasteiger partial charge in [-0.1, -0.05) is 19.3 Å². The van der Waals surface area contributed by atoms with Crippen LogP contribution in [0.15, 0.2) is 0 Å². The van der Waals surface area contributed by atoms with Crippen molar-refractivity contribution in [2.75, 3.05) is 18.0 Å². The van der Waals surface area contributed by atoms with Gasteiger partial charge >= 0.3 is 0 Å². The van der Waals surface area contributed by atoms with Crippen LogP contribution in [0.4, 0.5) is 5.95 Å². The molecule has 100 valence electrons. The fourth-order valence-electron chi connectivity index (χ4n) is 2.98. The molecule has 18 heavy (non-hydrogen) atoms. The first-order chi connectivity index (χ1) is 8.70. The number of H-pyrrole nitrogens is 1. The third-order valence-corrected chi connectivity index (χ3v) is 4.07. The highest BCUT2D eigenvalue weighted by atomic mass is 15.4. The molecule has 1 saturated heterocycles. The topological polar surface area (TPSA) is 56.8 Å². The van der Waals surface area contributed by atoms with E-state index in [2.05, 4.69) is 39.2 Å². The van der Waals surface area contributed by atoms with Crippen molar-refractivity contribution in [2.45, 2.75) is 51.6 Å². The molecule has 2 aliphatic rings. The van der Waals surface area contributed by atoms with Crippen LogP contribution in [0, 0.1) is 5.92 Å². The predicted octanol–water partition coefficient (Wildman–Crippen LogP) is 1.33. The molecular weight excluding hydrogens is 226 g/mol. The van der Waals surface area contributed by atoms with Gasteiger partial charge in [0, 0.05) is 31.6 Å². The molecule has 1 aliphatic heterocycles. The maximum atomic E-state index is 4.66. The Balaban J connectivity index is 1.64. The molecule has 0 amide bonds. The van der Waals surface area contributed by atoms with Crippen molar-refractivity contribution in [2.24, 2.45) is 5.92 Å². The molecule has 1 aliphatic carbocycles. The molecule has 1 aromatic rings. The number of nitrogens with one attached hydrogen (secondary N) is 2. The summed E-state index contributed by atoms with van der Waals surface area (Å²) in [5, 5.41) is 11.0. The van der Waals surface area contributed by atoms with Crippen LogP contribution in [0.5, 0.6) is 0 Å². The van der Waals surface area contributed by atoms with Gasteiger partial charge in [-0.2, -0.15) is 4.98 Å². The summed E-state index contributed by atoms with van der Waals surface area (Å²) in [7, 11) is 0. The molecule has 2 atom stereocenters. The second-order valence-electron chi connectivity index (χ2n) is 5.96. The van der Waals surface area contributed by atoms with E-state index in [0.29, 0.717) is 12.1 Å². The summed E-state index contributed by atoms with van der Waals surface area (Å²) in [6, 6.07) is 1.00. The highest BCUT2D eigenvalue weighted by Crippen LogP contribution is 2.29. The van der Waals surface area contributed by atoms with Crippen molar-refractivity contribution < 1.29 is 0 Å². The van der Waals surface area contributed by atoms with Gasteiger partial charge in [0.2, 0.25) is 5.95 Å². The number of anilines is 1. The van der Waals surface area contributed by atoms with Crippen LogP contribution >= 0.6 is 0 Å². The van der Waals surface area contributed by atoms with E-state index in [0.717, 1.165) is 37.2 Å². The maximum absolute atomic E-state index is 4.66. The molecule has 0 radical (unpaired) electrons. The minimum absolute atomic E-state index is 0.502. The van der Waals surface area contributed by atoms with E-state index in [4.69, 9.17) is 0 Å². The number of nitrogens with zero attached hydrogens (tertiary/aromatic N) is 3. The highest BCUT2D eigenvalue weighted by molar-refractivity contribution is 5.30. The second-order valence-corrected chi connectivity index (χ2v) is 5.96. The Hall–Kier alpha value is -1.10. The summed E-state index contributed by atoms with van der Waals surface area (Å²) in [5.74, 6) is 2.78. The molecule has 2 fully saturated rings. The maximum Gasteiger partial charge on any atom is 0.244 e. The van der Waals surface area contributed by atoms with Gasteiger partial charge in [-0.05, 0) is 19.8 Å². The lowest BCUT2D eigenvalue weighted by atomic mass is 9.83. The van der Waals surface area contributed by atoms with E-state index in [9.17, 15) is 0 Å². The fourth-order valence-corrected chi connectivity index (χ4v) is 2.98. The lowest BCUT2D eigenvalue weighted by molar-refractivity contribution is 0.309. The molecule has 2 heterocycles. The lowest BCUT2D eigenvalue weighted by Gasteiger charge is -2.35. The van der Waals surface area contributed by atoms with Crippen LogP contribution in [0.1, 0.15) is 38.9 Å². The molecule has 1 aromatic heterocycles. The predicted molar refractivity (Wildman–Crippen MR) is 71.7 cm³/mol. The van der Waals surface area contributed by atoms with E-state index >= 15 is 0 Å². The van der Waals surface area contributed by atoms with Crippen molar-refractivity contribution in [3.8, 4) is 0 Å². The van der Waals surface area contributed by atoms with Gasteiger partial charge in [0.25, 0.3) is 0 Å². The van der Waals surface area contributed by atoms with Gasteiger partial charge in [-0.15, -0.1) is 5.10 Å². The van der Waals surface area contributed by atoms with E-state index in [1.807, 2.05) is 0 Å². The zero-order valence-corrected chi connectivity index (χ0v) is 11.3. The summed E-state index contributed by atoms with van der Waals surface area (Å²) in [6.45, 7) is 6.41. The minimum Gasteiger partial charge on any atom is -0.336 e. The van der Waals surface area contributed by atoms with Gasteiger partial charge < -0.3 is 10.2 Å². The SMILES string of the molecule is CC1CN(c2n[nH]c(CC3CCC3)n2)CC(C)N1. The monoisotopic (exact) mass is 249 g/mol. The molecule has 2 unspecified atom stereocenters. The number of aromatic nitrogens is 3. The summed E-state index contributed by atoms with van der Waals surface area (Å²) in [6.07, 6.45) is 5.18. The molecule has 2 N–H and O–H groups in total. The zero-order valence-electron chi connectivity index (χ0n) is 11.3. The smallest absolute Gasteiger partial charge is 0.244 e. The Morgan fingerprint density at radius 2 is 1.94 bits per heavy atom. The van der Waals surface area contributed by atoms with Crippen molar-refractivity contribution in [3.05, 3.63) is 5.82 Å². The Labute approximate surface area is 108 Å². The van der Waals surface area contributed by atoms with E-state index in [1.54, 1.807) is 0 Å². The van der Waals surface area contributed by atoms with Crippen LogP contribution in [-0.4, -0.2) is 40.4 Å². The minimum atomic E-state index is 0.502. The molecule has 1 saturated carbocycles. The summed E-state index contributed by atoms with van der Waals surface area (Å²) < 4.78 is 0. The van der Waals surface area contributed by atoms with Crippen LogP contribution < -0.4 is 10.2 Å². The van der Waals surface area contributed by atoms with Crippen molar-refractivity contribution in [3.63, 3.8) is 0 Å². The highest BCUT2D eigenvalue weighted by Gasteiger charge is 2.25. The largest absolute Gasteiger partial charge is 0.336 e. The molecular formula is C13H23N5. The summed E-state index contributed by atoms with van der Waals surface area (Å²) >= 11 is 0. The Morgan fingerprint density at radius 1 is 1.22 bits per heavy atom. The molecule has 5 heteroatoms. The Morgan fingerprint density at radius 3 is 2.56 bits per heavy atom. The number of piperazine rings is 1. The van der Waals surface area contributed by atoms with Gasteiger partial charge in [-0.3, -0.25) is 5.10 Å². The van der Waals surface area contributed by atoms with E-state index in [-0.39, 0.29) is 0 Å². The Bertz CT molecular complexity index is 388. The van der Waals surface area contributed by atoms with E-state index < -0.39 is 0 Å². The second kappa shape index (κ2) is 4.88. The first-order valence-electron chi connectivity index (χ1n) is 7.13. The third kappa shape index (κ3) is 2.51. The number of hydrogen-bond donors (Lipinski definition) is 2. The quantitative estimate of drug-likeness (QED) is 0.848. The first-order valence-corrected chi connectivity index (χ1v) is 7.13. The fraction of sp³-hybridized carbons (Fsp3) is 0.846. The summed E-state index contributed by atoms with van der Waals surface area (Å²) in [5.41, 5.74) is 0.